The normalized spacial score (nSPS) is 12.9. The summed E-state index contributed by atoms with van der Waals surface area (Å²) in [4.78, 5) is 0. The van der Waals surface area contributed by atoms with Crippen molar-refractivity contribution < 1.29 is 14.2 Å². The average Bonchev–Trinajstić information content (AvgIpc) is 2.42. The molecule has 0 saturated heterocycles. The zero-order chi connectivity index (χ0) is 15.3. The summed E-state index contributed by atoms with van der Waals surface area (Å²) in [5.74, 6) is 2.20. The van der Waals surface area contributed by atoms with Crippen LogP contribution in [0.3, 0.4) is 0 Å². The van der Waals surface area contributed by atoms with Gasteiger partial charge in [-0.1, -0.05) is 27.7 Å². The van der Waals surface area contributed by atoms with Gasteiger partial charge in [0, 0.05) is 17.7 Å². The predicted molar refractivity (Wildman–Crippen MR) is 82.0 cm³/mol. The Labute approximate surface area is 122 Å². The quantitative estimate of drug-likeness (QED) is 0.867. The fraction of sp³-hybridized carbons (Fsp3) is 0.625. The summed E-state index contributed by atoms with van der Waals surface area (Å²) < 4.78 is 16.3. The molecule has 114 valence electrons. The van der Waals surface area contributed by atoms with E-state index in [1.54, 1.807) is 21.3 Å². The summed E-state index contributed by atoms with van der Waals surface area (Å²) in [7, 11) is 4.95. The van der Waals surface area contributed by atoms with Crippen molar-refractivity contribution in [3.63, 3.8) is 0 Å². The van der Waals surface area contributed by atoms with Crippen molar-refractivity contribution in [2.75, 3.05) is 27.9 Å². The Balaban J connectivity index is 3.39. The summed E-state index contributed by atoms with van der Waals surface area (Å²) in [5.41, 5.74) is 1.14. The lowest BCUT2D eigenvalue weighted by Crippen LogP contribution is -2.32. The molecule has 20 heavy (non-hydrogen) atoms. The topological polar surface area (TPSA) is 39.7 Å². The van der Waals surface area contributed by atoms with Crippen molar-refractivity contribution in [2.45, 2.75) is 33.7 Å². The molecule has 0 saturated carbocycles. The highest BCUT2D eigenvalue weighted by molar-refractivity contribution is 5.52. The van der Waals surface area contributed by atoms with E-state index in [4.69, 9.17) is 14.2 Å². The molecule has 0 radical (unpaired) electrons. The first-order chi connectivity index (χ1) is 9.38. The van der Waals surface area contributed by atoms with E-state index < -0.39 is 0 Å². The Morgan fingerprint density at radius 3 is 1.85 bits per heavy atom. The number of methoxy groups -OCH3 is 3. The molecule has 4 nitrogen and oxygen atoms in total. The SMILES string of the molecule is CCNC(c1cc(OC)c(OC)cc1OC)C(C)(C)C. The Hall–Kier alpha value is -1.42. The molecule has 0 amide bonds. The van der Waals surface area contributed by atoms with Crippen molar-refractivity contribution >= 4 is 0 Å². The van der Waals surface area contributed by atoms with Crippen LogP contribution in [-0.4, -0.2) is 27.9 Å². The van der Waals surface area contributed by atoms with Crippen LogP contribution >= 0.6 is 0 Å². The lowest BCUT2D eigenvalue weighted by molar-refractivity contribution is 0.266. The van der Waals surface area contributed by atoms with Crippen LogP contribution in [-0.2, 0) is 0 Å². The van der Waals surface area contributed by atoms with Crippen LogP contribution in [0.5, 0.6) is 17.2 Å². The van der Waals surface area contributed by atoms with Crippen LogP contribution in [0.25, 0.3) is 0 Å². The molecule has 0 bridgehead atoms. The Morgan fingerprint density at radius 2 is 1.45 bits per heavy atom. The number of hydrogen-bond donors (Lipinski definition) is 1. The maximum Gasteiger partial charge on any atom is 0.164 e. The summed E-state index contributed by atoms with van der Waals surface area (Å²) in [5, 5.41) is 3.53. The van der Waals surface area contributed by atoms with Gasteiger partial charge in [0.05, 0.1) is 21.3 Å². The monoisotopic (exact) mass is 281 g/mol. The van der Waals surface area contributed by atoms with Gasteiger partial charge in [-0.3, -0.25) is 0 Å². The standard InChI is InChI=1S/C16H27NO3/c1-8-17-15(16(2,3)4)11-9-13(19-6)14(20-7)10-12(11)18-5/h9-10,15,17H,8H2,1-7H3. The minimum Gasteiger partial charge on any atom is -0.496 e. The van der Waals surface area contributed by atoms with Crippen molar-refractivity contribution in [1.82, 2.24) is 5.32 Å². The largest absolute Gasteiger partial charge is 0.496 e. The van der Waals surface area contributed by atoms with Crippen LogP contribution in [0.2, 0.25) is 0 Å². The van der Waals surface area contributed by atoms with Gasteiger partial charge in [-0.15, -0.1) is 0 Å². The van der Waals surface area contributed by atoms with E-state index in [9.17, 15) is 0 Å². The van der Waals surface area contributed by atoms with Gasteiger partial charge >= 0.3 is 0 Å². The number of nitrogens with one attached hydrogen (secondary N) is 1. The second kappa shape index (κ2) is 6.84. The smallest absolute Gasteiger partial charge is 0.164 e. The van der Waals surface area contributed by atoms with Crippen molar-refractivity contribution in [2.24, 2.45) is 5.41 Å². The molecule has 1 atom stereocenters. The molecule has 0 fully saturated rings. The molecule has 1 unspecified atom stereocenters. The molecule has 1 aromatic rings. The van der Waals surface area contributed by atoms with Crippen molar-refractivity contribution in [3.8, 4) is 17.2 Å². The summed E-state index contributed by atoms with van der Waals surface area (Å²) in [6.45, 7) is 9.61. The third kappa shape index (κ3) is 3.57. The first-order valence-corrected chi connectivity index (χ1v) is 6.92. The predicted octanol–water partition coefficient (Wildman–Crippen LogP) is 3.41. The Morgan fingerprint density at radius 1 is 0.950 bits per heavy atom. The molecule has 0 heterocycles. The van der Waals surface area contributed by atoms with Crippen LogP contribution in [0.15, 0.2) is 12.1 Å². The first kappa shape index (κ1) is 16.6. The molecule has 0 aliphatic heterocycles. The Bertz CT molecular complexity index is 438. The second-order valence-electron chi connectivity index (χ2n) is 5.81. The maximum absolute atomic E-state index is 5.53. The molecular formula is C16H27NO3. The Kier molecular flexibility index (Phi) is 5.69. The molecular weight excluding hydrogens is 254 g/mol. The number of rotatable bonds is 6. The summed E-state index contributed by atoms with van der Waals surface area (Å²) >= 11 is 0. The average molecular weight is 281 g/mol. The van der Waals surface area contributed by atoms with Gasteiger partial charge in [0.25, 0.3) is 0 Å². The first-order valence-electron chi connectivity index (χ1n) is 6.92. The van der Waals surface area contributed by atoms with Gasteiger partial charge in [0.15, 0.2) is 11.5 Å². The number of hydrogen-bond acceptors (Lipinski definition) is 4. The van der Waals surface area contributed by atoms with Gasteiger partial charge in [-0.05, 0) is 18.0 Å². The molecule has 1 rings (SSSR count). The minimum atomic E-state index is 0.0584. The van der Waals surface area contributed by atoms with E-state index in [2.05, 4.69) is 33.0 Å². The lowest BCUT2D eigenvalue weighted by Gasteiger charge is -2.33. The van der Waals surface area contributed by atoms with Crippen molar-refractivity contribution in [3.05, 3.63) is 17.7 Å². The molecule has 0 spiro atoms. The fourth-order valence-corrected chi connectivity index (χ4v) is 2.37. The van der Waals surface area contributed by atoms with E-state index in [0.29, 0.717) is 5.75 Å². The van der Waals surface area contributed by atoms with E-state index in [0.717, 1.165) is 23.6 Å². The van der Waals surface area contributed by atoms with E-state index >= 15 is 0 Å². The minimum absolute atomic E-state index is 0.0584. The molecule has 0 aliphatic rings. The van der Waals surface area contributed by atoms with Crippen molar-refractivity contribution in [1.29, 1.82) is 0 Å². The molecule has 0 aromatic heterocycles. The second-order valence-corrected chi connectivity index (χ2v) is 5.81. The number of ether oxygens (including phenoxy) is 3. The van der Waals surface area contributed by atoms with E-state index in [1.807, 2.05) is 12.1 Å². The van der Waals surface area contributed by atoms with Crippen LogP contribution in [0, 0.1) is 5.41 Å². The highest BCUT2D eigenvalue weighted by atomic mass is 16.5. The zero-order valence-corrected chi connectivity index (χ0v) is 13.7. The van der Waals surface area contributed by atoms with Crippen LogP contribution < -0.4 is 19.5 Å². The van der Waals surface area contributed by atoms with Crippen LogP contribution in [0.1, 0.15) is 39.3 Å². The number of benzene rings is 1. The van der Waals surface area contributed by atoms with Gasteiger partial charge in [-0.2, -0.15) is 0 Å². The summed E-state index contributed by atoms with van der Waals surface area (Å²) in [6.07, 6.45) is 0. The van der Waals surface area contributed by atoms with Crippen LogP contribution in [0.4, 0.5) is 0 Å². The molecule has 1 N–H and O–H groups in total. The van der Waals surface area contributed by atoms with E-state index in [1.165, 1.54) is 0 Å². The fourth-order valence-electron chi connectivity index (χ4n) is 2.37. The van der Waals surface area contributed by atoms with Gasteiger partial charge in [0.2, 0.25) is 0 Å². The summed E-state index contributed by atoms with van der Waals surface area (Å²) in [6, 6.07) is 4.04. The van der Waals surface area contributed by atoms with E-state index in [-0.39, 0.29) is 11.5 Å². The highest BCUT2D eigenvalue weighted by Crippen LogP contribution is 2.42. The zero-order valence-electron chi connectivity index (χ0n) is 13.7. The highest BCUT2D eigenvalue weighted by Gasteiger charge is 2.29. The third-order valence-corrected chi connectivity index (χ3v) is 3.32. The lowest BCUT2D eigenvalue weighted by atomic mass is 9.81. The molecule has 1 aromatic carbocycles. The maximum atomic E-state index is 5.53. The van der Waals surface area contributed by atoms with Gasteiger partial charge in [0.1, 0.15) is 5.75 Å². The van der Waals surface area contributed by atoms with Gasteiger partial charge < -0.3 is 19.5 Å². The van der Waals surface area contributed by atoms with Gasteiger partial charge in [-0.25, -0.2) is 0 Å². The molecule has 0 aliphatic carbocycles. The molecule has 4 heteroatoms. The third-order valence-electron chi connectivity index (χ3n) is 3.32.